The predicted octanol–water partition coefficient (Wildman–Crippen LogP) is 0.470. The Kier molecular flexibility index (Phi) is 3.28. The number of aromatic amines is 1. The van der Waals surface area contributed by atoms with Gasteiger partial charge in [0.25, 0.3) is 11.9 Å². The van der Waals surface area contributed by atoms with E-state index in [9.17, 15) is 9.59 Å². The van der Waals surface area contributed by atoms with Crippen molar-refractivity contribution in [1.29, 1.82) is 0 Å². The van der Waals surface area contributed by atoms with E-state index < -0.39 is 11.9 Å². The normalized spacial score (nSPS) is 9.83. The molecule has 0 fully saturated rings. The molecule has 0 spiro atoms. The number of H-pyrrole nitrogens is 1. The Morgan fingerprint density at radius 3 is 2.56 bits per heavy atom. The largest absolute Gasteiger partial charge is 0.328 e. The van der Waals surface area contributed by atoms with Gasteiger partial charge in [-0.25, -0.2) is 4.79 Å². The molecule has 2 aromatic rings. The Labute approximate surface area is 102 Å². The maximum Gasteiger partial charge on any atom is 0.328 e. The topological polar surface area (TPSA) is 113 Å². The van der Waals surface area contributed by atoms with E-state index in [0.717, 1.165) is 5.56 Å². The van der Waals surface area contributed by atoms with Crippen LogP contribution in [0.4, 0.5) is 10.7 Å². The highest BCUT2D eigenvalue weighted by atomic mass is 16.2. The number of carbonyl (C=O) groups is 2. The van der Waals surface area contributed by atoms with E-state index >= 15 is 0 Å². The number of tetrazole rings is 1. The highest BCUT2D eigenvalue weighted by molar-refractivity contribution is 6.07. The van der Waals surface area contributed by atoms with Crippen LogP contribution < -0.4 is 10.6 Å². The van der Waals surface area contributed by atoms with E-state index in [-0.39, 0.29) is 5.95 Å². The molecule has 0 saturated heterocycles. The number of nitrogens with zero attached hydrogens (tertiary/aromatic N) is 3. The zero-order valence-corrected chi connectivity index (χ0v) is 9.47. The second-order valence-electron chi connectivity index (χ2n) is 3.51. The van der Waals surface area contributed by atoms with Crippen molar-refractivity contribution >= 4 is 17.9 Å². The first-order valence-corrected chi connectivity index (χ1v) is 5.07. The van der Waals surface area contributed by atoms with Gasteiger partial charge in [0.1, 0.15) is 0 Å². The van der Waals surface area contributed by atoms with E-state index in [1.165, 1.54) is 0 Å². The predicted molar refractivity (Wildman–Crippen MR) is 61.8 cm³/mol. The fraction of sp³-hybridized carbons (Fsp3) is 0.100. The van der Waals surface area contributed by atoms with E-state index in [2.05, 4.69) is 31.3 Å². The van der Waals surface area contributed by atoms with Gasteiger partial charge in [-0.15, -0.1) is 5.10 Å². The maximum absolute atomic E-state index is 11.7. The molecule has 8 nitrogen and oxygen atoms in total. The van der Waals surface area contributed by atoms with Crippen LogP contribution in [-0.4, -0.2) is 32.6 Å². The third-order valence-corrected chi connectivity index (χ3v) is 2.11. The quantitative estimate of drug-likeness (QED) is 0.712. The summed E-state index contributed by atoms with van der Waals surface area (Å²) in [6.45, 7) is 1.91. The molecular formula is C10H10N6O2. The SMILES string of the molecule is Cc1ccc(C(=O)NC(=O)Nc2nn[nH]n2)cc1. The summed E-state index contributed by atoms with van der Waals surface area (Å²) in [6.07, 6.45) is 0. The van der Waals surface area contributed by atoms with Crippen LogP contribution in [0.25, 0.3) is 0 Å². The molecule has 1 aromatic heterocycles. The molecule has 1 heterocycles. The fourth-order valence-electron chi connectivity index (χ4n) is 1.23. The summed E-state index contributed by atoms with van der Waals surface area (Å²) in [6, 6.07) is 6.11. The van der Waals surface area contributed by atoms with Crippen LogP contribution >= 0.6 is 0 Å². The lowest BCUT2D eigenvalue weighted by atomic mass is 10.1. The van der Waals surface area contributed by atoms with Crippen LogP contribution in [0.2, 0.25) is 0 Å². The van der Waals surface area contributed by atoms with Crippen LogP contribution in [0.5, 0.6) is 0 Å². The molecule has 0 atom stereocenters. The number of hydrogen-bond acceptors (Lipinski definition) is 5. The first-order valence-electron chi connectivity index (χ1n) is 5.07. The number of rotatable bonds is 2. The van der Waals surface area contributed by atoms with E-state index in [1.807, 2.05) is 6.92 Å². The van der Waals surface area contributed by atoms with Gasteiger partial charge in [0.05, 0.1) is 0 Å². The lowest BCUT2D eigenvalue weighted by molar-refractivity contribution is 0.0967. The summed E-state index contributed by atoms with van der Waals surface area (Å²) in [5.41, 5.74) is 1.42. The van der Waals surface area contributed by atoms with Gasteiger partial charge in [0, 0.05) is 5.56 Å². The highest BCUT2D eigenvalue weighted by Crippen LogP contribution is 2.02. The second-order valence-corrected chi connectivity index (χ2v) is 3.51. The molecule has 0 radical (unpaired) electrons. The zero-order chi connectivity index (χ0) is 13.0. The second kappa shape index (κ2) is 5.04. The number of anilines is 1. The molecule has 0 saturated carbocycles. The first-order chi connectivity index (χ1) is 8.65. The van der Waals surface area contributed by atoms with Gasteiger partial charge in [-0.1, -0.05) is 22.8 Å². The molecule has 3 amide bonds. The van der Waals surface area contributed by atoms with Crippen molar-refractivity contribution in [1.82, 2.24) is 25.9 Å². The average Bonchev–Trinajstić information content (AvgIpc) is 2.82. The number of urea groups is 1. The molecule has 0 aliphatic heterocycles. The molecule has 0 aliphatic rings. The van der Waals surface area contributed by atoms with Crippen LogP contribution in [0.15, 0.2) is 24.3 Å². The number of hydrogen-bond donors (Lipinski definition) is 3. The summed E-state index contributed by atoms with van der Waals surface area (Å²) < 4.78 is 0. The van der Waals surface area contributed by atoms with Crippen molar-refractivity contribution in [2.45, 2.75) is 6.92 Å². The van der Waals surface area contributed by atoms with E-state index in [0.29, 0.717) is 5.56 Å². The van der Waals surface area contributed by atoms with Crippen LogP contribution in [-0.2, 0) is 0 Å². The van der Waals surface area contributed by atoms with Crippen molar-refractivity contribution in [2.24, 2.45) is 0 Å². The number of imide groups is 1. The number of nitrogens with one attached hydrogen (secondary N) is 3. The van der Waals surface area contributed by atoms with Gasteiger partial charge in [-0.2, -0.15) is 5.21 Å². The molecule has 0 bridgehead atoms. The molecule has 1 aromatic carbocycles. The van der Waals surface area contributed by atoms with Gasteiger partial charge < -0.3 is 0 Å². The monoisotopic (exact) mass is 246 g/mol. The van der Waals surface area contributed by atoms with Crippen molar-refractivity contribution < 1.29 is 9.59 Å². The van der Waals surface area contributed by atoms with Gasteiger partial charge >= 0.3 is 6.03 Å². The van der Waals surface area contributed by atoms with Crippen LogP contribution in [0.3, 0.4) is 0 Å². The average molecular weight is 246 g/mol. The Morgan fingerprint density at radius 1 is 1.22 bits per heavy atom. The van der Waals surface area contributed by atoms with Gasteiger partial charge in [-0.05, 0) is 24.3 Å². The molecule has 0 unspecified atom stereocenters. The fourth-order valence-corrected chi connectivity index (χ4v) is 1.23. The standard InChI is InChI=1S/C10H10N6O2/c1-6-2-4-7(5-3-6)8(17)11-10(18)12-9-13-15-16-14-9/h2-5H,1H3,(H3,11,12,13,14,15,16,17,18). The molecule has 2 rings (SSSR count). The Morgan fingerprint density at radius 2 is 1.94 bits per heavy atom. The summed E-state index contributed by atoms with van der Waals surface area (Å²) in [4.78, 5) is 23.1. The Bertz CT molecular complexity index is 548. The first kappa shape index (κ1) is 11.7. The summed E-state index contributed by atoms with van der Waals surface area (Å²) >= 11 is 0. The van der Waals surface area contributed by atoms with Crippen molar-refractivity contribution in [2.75, 3.05) is 5.32 Å². The third kappa shape index (κ3) is 2.88. The Hall–Kier alpha value is -2.77. The molecule has 8 heteroatoms. The van der Waals surface area contributed by atoms with Crippen LogP contribution in [0, 0.1) is 6.92 Å². The number of aryl methyl sites for hydroxylation is 1. The lowest BCUT2D eigenvalue weighted by Crippen LogP contribution is -2.34. The maximum atomic E-state index is 11.7. The van der Waals surface area contributed by atoms with Gasteiger partial charge in [0.15, 0.2) is 0 Å². The summed E-state index contributed by atoms with van der Waals surface area (Å²) in [5, 5.41) is 16.9. The number of carbonyl (C=O) groups excluding carboxylic acids is 2. The van der Waals surface area contributed by atoms with Crippen molar-refractivity contribution in [3.63, 3.8) is 0 Å². The zero-order valence-electron chi connectivity index (χ0n) is 9.47. The van der Waals surface area contributed by atoms with Gasteiger partial charge in [0.2, 0.25) is 0 Å². The lowest BCUT2D eigenvalue weighted by Gasteiger charge is -2.03. The minimum absolute atomic E-state index is 0.00999. The number of amides is 3. The van der Waals surface area contributed by atoms with Crippen LogP contribution in [0.1, 0.15) is 15.9 Å². The van der Waals surface area contributed by atoms with Crippen molar-refractivity contribution in [3.8, 4) is 0 Å². The third-order valence-electron chi connectivity index (χ3n) is 2.11. The molecular weight excluding hydrogens is 236 g/mol. The molecule has 0 aliphatic carbocycles. The molecule has 3 N–H and O–H groups in total. The summed E-state index contributed by atoms with van der Waals surface area (Å²) in [5.74, 6) is -0.514. The minimum atomic E-state index is -0.720. The van der Waals surface area contributed by atoms with Gasteiger partial charge in [-0.3, -0.25) is 15.4 Å². The summed E-state index contributed by atoms with van der Waals surface area (Å²) in [7, 11) is 0. The smallest absolute Gasteiger partial charge is 0.274 e. The van der Waals surface area contributed by atoms with E-state index in [1.54, 1.807) is 24.3 Å². The van der Waals surface area contributed by atoms with Crippen molar-refractivity contribution in [3.05, 3.63) is 35.4 Å². The number of benzene rings is 1. The number of aromatic nitrogens is 4. The molecule has 92 valence electrons. The Balaban J connectivity index is 1.95. The molecule has 18 heavy (non-hydrogen) atoms. The minimum Gasteiger partial charge on any atom is -0.274 e. The highest BCUT2D eigenvalue weighted by Gasteiger charge is 2.11. The van der Waals surface area contributed by atoms with E-state index in [4.69, 9.17) is 0 Å².